The first-order valence-electron chi connectivity index (χ1n) is 5.54. The Bertz CT molecular complexity index is 623. The standard InChI is InChI=1S/C14H10N2OS/c17-14-13(9-10-5-3-4-8-15-10)18-12-7-2-1-6-11(12)16-14/h1-9H,(H,16,17). The van der Waals surface area contributed by atoms with Gasteiger partial charge < -0.3 is 5.32 Å². The van der Waals surface area contributed by atoms with Gasteiger partial charge in [-0.3, -0.25) is 9.78 Å². The molecule has 0 saturated carbocycles. The minimum atomic E-state index is -0.0793. The van der Waals surface area contributed by atoms with Gasteiger partial charge in [0.05, 0.1) is 16.3 Å². The molecular weight excluding hydrogens is 244 g/mol. The second-order valence-electron chi connectivity index (χ2n) is 3.82. The molecule has 1 aliphatic heterocycles. The lowest BCUT2D eigenvalue weighted by Crippen LogP contribution is -2.17. The number of thioether (sulfide) groups is 1. The van der Waals surface area contributed by atoms with Gasteiger partial charge in [0.1, 0.15) is 0 Å². The van der Waals surface area contributed by atoms with Gasteiger partial charge in [-0.15, -0.1) is 0 Å². The van der Waals surface area contributed by atoms with Gasteiger partial charge in [0.25, 0.3) is 5.91 Å². The molecule has 0 unspecified atom stereocenters. The highest BCUT2D eigenvalue weighted by molar-refractivity contribution is 8.04. The molecule has 0 radical (unpaired) electrons. The van der Waals surface area contributed by atoms with Crippen LogP contribution in [0.3, 0.4) is 0 Å². The molecule has 2 heterocycles. The molecule has 1 amide bonds. The third-order valence-electron chi connectivity index (χ3n) is 2.55. The molecular formula is C14H10N2OS. The summed E-state index contributed by atoms with van der Waals surface area (Å²) in [7, 11) is 0. The number of hydrogen-bond donors (Lipinski definition) is 1. The van der Waals surface area contributed by atoms with Crippen molar-refractivity contribution in [1.82, 2.24) is 4.98 Å². The molecule has 0 spiro atoms. The van der Waals surface area contributed by atoms with E-state index in [0.717, 1.165) is 16.3 Å². The molecule has 18 heavy (non-hydrogen) atoms. The first-order valence-corrected chi connectivity index (χ1v) is 6.35. The van der Waals surface area contributed by atoms with E-state index in [1.807, 2.05) is 42.5 Å². The second kappa shape index (κ2) is 4.66. The maximum Gasteiger partial charge on any atom is 0.262 e. The number of para-hydroxylation sites is 1. The summed E-state index contributed by atoms with van der Waals surface area (Å²) in [5.74, 6) is -0.0793. The Morgan fingerprint density at radius 1 is 1.11 bits per heavy atom. The Morgan fingerprint density at radius 3 is 2.78 bits per heavy atom. The van der Waals surface area contributed by atoms with Crippen LogP contribution in [0.15, 0.2) is 58.5 Å². The van der Waals surface area contributed by atoms with Crippen molar-refractivity contribution in [2.24, 2.45) is 0 Å². The van der Waals surface area contributed by atoms with Crippen LogP contribution in [0.4, 0.5) is 5.69 Å². The van der Waals surface area contributed by atoms with Gasteiger partial charge in [0.2, 0.25) is 0 Å². The molecule has 1 aromatic heterocycles. The number of pyridine rings is 1. The minimum absolute atomic E-state index is 0.0793. The summed E-state index contributed by atoms with van der Waals surface area (Å²) in [6.07, 6.45) is 3.52. The number of carbonyl (C=O) groups is 1. The number of nitrogens with one attached hydrogen (secondary N) is 1. The van der Waals surface area contributed by atoms with Crippen molar-refractivity contribution in [3.8, 4) is 0 Å². The summed E-state index contributed by atoms with van der Waals surface area (Å²) in [5, 5.41) is 2.87. The van der Waals surface area contributed by atoms with Crippen LogP contribution < -0.4 is 5.32 Å². The molecule has 0 saturated heterocycles. The number of rotatable bonds is 1. The lowest BCUT2D eigenvalue weighted by atomic mass is 10.3. The first kappa shape index (κ1) is 11.0. The molecule has 4 heteroatoms. The van der Waals surface area contributed by atoms with Gasteiger partial charge >= 0.3 is 0 Å². The fourth-order valence-electron chi connectivity index (χ4n) is 1.70. The number of hydrogen-bond acceptors (Lipinski definition) is 3. The third-order valence-corrected chi connectivity index (χ3v) is 3.64. The van der Waals surface area contributed by atoms with Crippen LogP contribution in [0, 0.1) is 0 Å². The molecule has 2 aromatic rings. The Hall–Kier alpha value is -2.07. The fraction of sp³-hybridized carbons (Fsp3) is 0. The fourth-order valence-corrected chi connectivity index (χ4v) is 2.63. The Kier molecular flexibility index (Phi) is 2.86. The minimum Gasteiger partial charge on any atom is -0.320 e. The summed E-state index contributed by atoms with van der Waals surface area (Å²) in [6, 6.07) is 13.4. The lowest BCUT2D eigenvalue weighted by Gasteiger charge is -2.17. The van der Waals surface area contributed by atoms with E-state index in [2.05, 4.69) is 10.3 Å². The lowest BCUT2D eigenvalue weighted by molar-refractivity contribution is -0.112. The van der Waals surface area contributed by atoms with Crippen LogP contribution in [0.5, 0.6) is 0 Å². The Balaban J connectivity index is 1.96. The predicted molar refractivity (Wildman–Crippen MR) is 73.1 cm³/mol. The topological polar surface area (TPSA) is 42.0 Å². The van der Waals surface area contributed by atoms with Crippen LogP contribution in [0.25, 0.3) is 6.08 Å². The summed E-state index contributed by atoms with van der Waals surface area (Å²) >= 11 is 1.47. The molecule has 0 aliphatic carbocycles. The van der Waals surface area contributed by atoms with Crippen molar-refractivity contribution >= 4 is 29.4 Å². The molecule has 0 atom stereocenters. The zero-order valence-corrected chi connectivity index (χ0v) is 10.3. The number of benzene rings is 1. The van der Waals surface area contributed by atoms with Crippen LogP contribution in [0.1, 0.15) is 5.69 Å². The number of carbonyl (C=O) groups excluding carboxylic acids is 1. The average molecular weight is 254 g/mol. The molecule has 88 valence electrons. The normalized spacial score (nSPS) is 16.2. The van der Waals surface area contributed by atoms with Crippen LogP contribution in [-0.4, -0.2) is 10.9 Å². The molecule has 1 N–H and O–H groups in total. The summed E-state index contributed by atoms with van der Waals surface area (Å²) in [4.78, 5) is 17.8. The number of anilines is 1. The van der Waals surface area contributed by atoms with Gasteiger partial charge in [-0.25, -0.2) is 0 Å². The zero-order chi connectivity index (χ0) is 12.4. The number of aromatic nitrogens is 1. The van der Waals surface area contributed by atoms with Crippen LogP contribution in [0.2, 0.25) is 0 Å². The molecule has 0 fully saturated rings. The third kappa shape index (κ3) is 2.15. The maximum atomic E-state index is 11.9. The molecule has 3 nitrogen and oxygen atoms in total. The van der Waals surface area contributed by atoms with Gasteiger partial charge in [-0.2, -0.15) is 0 Å². The van der Waals surface area contributed by atoms with E-state index in [-0.39, 0.29) is 5.91 Å². The van der Waals surface area contributed by atoms with E-state index in [0.29, 0.717) is 4.91 Å². The molecule has 1 aliphatic rings. The average Bonchev–Trinajstić information content (AvgIpc) is 2.41. The number of nitrogens with zero attached hydrogens (tertiary/aromatic N) is 1. The Morgan fingerprint density at radius 2 is 1.94 bits per heavy atom. The van der Waals surface area contributed by atoms with Gasteiger partial charge in [-0.05, 0) is 30.3 Å². The van der Waals surface area contributed by atoms with E-state index in [4.69, 9.17) is 0 Å². The molecule has 3 rings (SSSR count). The predicted octanol–water partition coefficient (Wildman–Crippen LogP) is 3.17. The van der Waals surface area contributed by atoms with E-state index in [1.54, 1.807) is 12.3 Å². The summed E-state index contributed by atoms with van der Waals surface area (Å²) in [5.41, 5.74) is 1.65. The SMILES string of the molecule is O=C1Nc2ccccc2SC1=Cc1ccccn1. The van der Waals surface area contributed by atoms with Gasteiger partial charge in [0, 0.05) is 11.1 Å². The van der Waals surface area contributed by atoms with Crippen LogP contribution >= 0.6 is 11.8 Å². The van der Waals surface area contributed by atoms with Crippen LogP contribution in [-0.2, 0) is 4.79 Å². The van der Waals surface area contributed by atoms with Crippen molar-refractivity contribution in [3.05, 3.63) is 59.3 Å². The van der Waals surface area contributed by atoms with Crippen molar-refractivity contribution < 1.29 is 4.79 Å². The van der Waals surface area contributed by atoms with E-state index in [9.17, 15) is 4.79 Å². The second-order valence-corrected chi connectivity index (χ2v) is 4.90. The molecule has 0 bridgehead atoms. The number of amides is 1. The van der Waals surface area contributed by atoms with Gasteiger partial charge in [0.15, 0.2) is 0 Å². The van der Waals surface area contributed by atoms with Gasteiger partial charge in [-0.1, -0.05) is 30.0 Å². The van der Waals surface area contributed by atoms with E-state index in [1.165, 1.54) is 11.8 Å². The monoisotopic (exact) mass is 254 g/mol. The highest BCUT2D eigenvalue weighted by atomic mass is 32.2. The summed E-state index contributed by atoms with van der Waals surface area (Å²) < 4.78 is 0. The maximum absolute atomic E-state index is 11.9. The number of fused-ring (bicyclic) bond motifs is 1. The van der Waals surface area contributed by atoms with E-state index < -0.39 is 0 Å². The quantitative estimate of drug-likeness (QED) is 0.795. The highest BCUT2D eigenvalue weighted by Gasteiger charge is 2.20. The largest absolute Gasteiger partial charge is 0.320 e. The molecule has 1 aromatic carbocycles. The zero-order valence-electron chi connectivity index (χ0n) is 9.46. The first-order chi connectivity index (χ1) is 8.83. The van der Waals surface area contributed by atoms with Crippen molar-refractivity contribution in [2.45, 2.75) is 4.90 Å². The van der Waals surface area contributed by atoms with Crippen molar-refractivity contribution in [1.29, 1.82) is 0 Å². The van der Waals surface area contributed by atoms with Crippen molar-refractivity contribution in [3.63, 3.8) is 0 Å². The highest BCUT2D eigenvalue weighted by Crippen LogP contribution is 2.38. The smallest absolute Gasteiger partial charge is 0.262 e. The van der Waals surface area contributed by atoms with E-state index >= 15 is 0 Å². The summed E-state index contributed by atoms with van der Waals surface area (Å²) in [6.45, 7) is 0. The van der Waals surface area contributed by atoms with Crippen molar-refractivity contribution in [2.75, 3.05) is 5.32 Å². The Labute approximate surface area is 109 Å².